The van der Waals surface area contributed by atoms with Crippen LogP contribution in [0.25, 0.3) is 6.08 Å². The maximum absolute atomic E-state index is 13.4. The molecule has 9 heteroatoms. The molecule has 0 bridgehead atoms. The van der Waals surface area contributed by atoms with Crippen LogP contribution in [-0.2, 0) is 14.4 Å². The lowest BCUT2D eigenvalue weighted by Gasteiger charge is -2.36. The third-order valence-corrected chi connectivity index (χ3v) is 8.35. The second-order valence-corrected chi connectivity index (χ2v) is 11.6. The number of carbonyl (C=O) groups is 3. The number of aliphatic hydroxyl groups is 2. The molecule has 0 unspecified atom stereocenters. The van der Waals surface area contributed by atoms with Gasteiger partial charge in [-0.1, -0.05) is 52.9 Å². The van der Waals surface area contributed by atoms with E-state index in [0.29, 0.717) is 56.1 Å². The van der Waals surface area contributed by atoms with Crippen molar-refractivity contribution in [1.82, 2.24) is 4.90 Å². The number of carboxylic acids is 1. The van der Waals surface area contributed by atoms with Crippen LogP contribution in [0, 0.1) is 17.8 Å². The highest BCUT2D eigenvalue weighted by atomic mass is 79.9. The maximum Gasteiger partial charge on any atom is 0.303 e. The van der Waals surface area contributed by atoms with Gasteiger partial charge in [-0.3, -0.25) is 19.3 Å². The van der Waals surface area contributed by atoms with E-state index in [9.17, 15) is 29.7 Å². The summed E-state index contributed by atoms with van der Waals surface area (Å²) in [6.07, 6.45) is 5.56. The molecule has 1 saturated heterocycles. The lowest BCUT2D eigenvalue weighted by atomic mass is 9.67. The van der Waals surface area contributed by atoms with Gasteiger partial charge < -0.3 is 20.4 Å². The highest BCUT2D eigenvalue weighted by Gasteiger charge is 2.54. The minimum atomic E-state index is -0.864. The molecule has 39 heavy (non-hydrogen) atoms. The van der Waals surface area contributed by atoms with E-state index in [1.54, 1.807) is 12.1 Å². The van der Waals surface area contributed by atoms with Gasteiger partial charge in [0, 0.05) is 28.9 Å². The summed E-state index contributed by atoms with van der Waals surface area (Å²) in [4.78, 5) is 38.7. The molecule has 2 amide bonds. The highest BCUT2D eigenvalue weighted by molar-refractivity contribution is 9.10. The van der Waals surface area contributed by atoms with Gasteiger partial charge in [0.1, 0.15) is 5.75 Å². The Balaban J connectivity index is 1.75. The average molecular weight is 607 g/mol. The van der Waals surface area contributed by atoms with Crippen LogP contribution in [0.1, 0.15) is 77.2 Å². The predicted octanol–water partition coefficient (Wildman–Crippen LogP) is 5.05. The van der Waals surface area contributed by atoms with E-state index in [1.165, 1.54) is 4.90 Å². The van der Waals surface area contributed by atoms with Gasteiger partial charge in [-0.2, -0.15) is 0 Å². The summed E-state index contributed by atoms with van der Waals surface area (Å²) < 4.78 is 0.848. The number of hydrogen-bond acceptors (Lipinski definition) is 6. The zero-order valence-electron chi connectivity index (χ0n) is 22.7. The average Bonchev–Trinajstić information content (AvgIpc) is 3.12. The molecule has 1 fully saturated rings. The third kappa shape index (κ3) is 7.58. The van der Waals surface area contributed by atoms with E-state index < -0.39 is 29.8 Å². The quantitative estimate of drug-likeness (QED) is 0.132. The number of halogens is 1. The fraction of sp³-hybridized carbons (Fsp3) is 0.567. The molecule has 3 rings (SSSR count). The smallest absolute Gasteiger partial charge is 0.303 e. The number of hydrogen-bond donors (Lipinski definition) is 4. The number of fused-ring (bicyclic) bond motifs is 1. The van der Waals surface area contributed by atoms with Gasteiger partial charge >= 0.3 is 5.97 Å². The van der Waals surface area contributed by atoms with Gasteiger partial charge in [-0.15, -0.1) is 0 Å². The molecule has 4 N–H and O–H groups in total. The highest BCUT2D eigenvalue weighted by Crippen LogP contribution is 2.47. The van der Waals surface area contributed by atoms with Crippen LogP contribution in [0.3, 0.4) is 0 Å². The maximum atomic E-state index is 13.4. The van der Waals surface area contributed by atoms with E-state index in [0.717, 1.165) is 22.0 Å². The minimum Gasteiger partial charge on any atom is -0.507 e. The van der Waals surface area contributed by atoms with Crippen LogP contribution >= 0.6 is 15.9 Å². The molecule has 4 atom stereocenters. The van der Waals surface area contributed by atoms with Gasteiger partial charge in [-0.25, -0.2) is 0 Å². The molecule has 0 saturated carbocycles. The molecule has 0 spiro atoms. The Labute approximate surface area is 238 Å². The molecular formula is C30H40BrNO7. The van der Waals surface area contributed by atoms with Gasteiger partial charge in [0.2, 0.25) is 11.8 Å². The Morgan fingerprint density at radius 1 is 1.18 bits per heavy atom. The standard InChI is InChI=1S/C30H40BrNO7/c1-3-7-19-16-22-28(30(39)32(29(22)38)13-6-4-5-8-26(36)37)23(17-33)27(19)25(35)11-9-18(2)14-20-15-21(31)10-12-24(20)34/h10,12,14-15,22-23,25,28,33-35H,3-9,11,13,16-17H2,1-2H3,(H,36,37)/b18-14+/t22-,23+,25-,28-/m1/s1. The van der Waals surface area contributed by atoms with Crippen molar-refractivity contribution in [1.29, 1.82) is 0 Å². The molecule has 8 nitrogen and oxygen atoms in total. The van der Waals surface area contributed by atoms with Crippen LogP contribution in [0.2, 0.25) is 0 Å². The van der Waals surface area contributed by atoms with E-state index >= 15 is 0 Å². The van der Waals surface area contributed by atoms with Crippen molar-refractivity contribution < 1.29 is 34.8 Å². The van der Waals surface area contributed by atoms with Crippen molar-refractivity contribution in [3.8, 4) is 5.75 Å². The largest absolute Gasteiger partial charge is 0.507 e. The lowest BCUT2D eigenvalue weighted by Crippen LogP contribution is -2.39. The summed E-state index contributed by atoms with van der Waals surface area (Å²) in [5.74, 6) is -3.07. The number of likely N-dealkylation sites (tertiary alicyclic amines) is 1. The second kappa shape index (κ2) is 14.2. The molecule has 214 valence electrons. The number of rotatable bonds is 14. The van der Waals surface area contributed by atoms with E-state index in [2.05, 4.69) is 15.9 Å². The summed E-state index contributed by atoms with van der Waals surface area (Å²) in [5.41, 5.74) is 3.30. The first-order chi connectivity index (χ1) is 18.6. The summed E-state index contributed by atoms with van der Waals surface area (Å²) in [6, 6.07) is 5.19. The van der Waals surface area contributed by atoms with Crippen molar-refractivity contribution in [2.24, 2.45) is 17.8 Å². The number of aromatic hydroxyl groups is 1. The Hall–Kier alpha value is -2.49. The van der Waals surface area contributed by atoms with Crippen molar-refractivity contribution >= 4 is 39.8 Å². The summed E-state index contributed by atoms with van der Waals surface area (Å²) in [7, 11) is 0. The third-order valence-electron chi connectivity index (χ3n) is 7.86. The fourth-order valence-corrected chi connectivity index (χ4v) is 6.38. The number of phenols is 1. The molecule has 1 heterocycles. The summed E-state index contributed by atoms with van der Waals surface area (Å²) in [6.45, 7) is 3.88. The molecule has 1 aromatic carbocycles. The summed E-state index contributed by atoms with van der Waals surface area (Å²) >= 11 is 3.41. The van der Waals surface area contributed by atoms with Crippen molar-refractivity contribution in [2.45, 2.75) is 77.7 Å². The number of imide groups is 1. The number of aliphatic carboxylic acids is 1. The first kappa shape index (κ1) is 31.0. The van der Waals surface area contributed by atoms with Gasteiger partial charge in [0.25, 0.3) is 0 Å². The number of phenolic OH excluding ortho intramolecular Hbond substituents is 1. The molecule has 0 aromatic heterocycles. The monoisotopic (exact) mass is 605 g/mol. The Morgan fingerprint density at radius 3 is 2.59 bits per heavy atom. The number of carbonyl (C=O) groups excluding carboxylic acids is 2. The normalized spacial score (nSPS) is 22.4. The number of nitrogens with zero attached hydrogens (tertiary/aromatic N) is 1. The first-order valence-corrected chi connectivity index (χ1v) is 14.6. The van der Waals surface area contributed by atoms with Gasteiger partial charge in [0.05, 0.1) is 24.5 Å². The number of benzene rings is 1. The fourth-order valence-electron chi connectivity index (χ4n) is 6.00. The lowest BCUT2D eigenvalue weighted by molar-refractivity contribution is -0.141. The van der Waals surface area contributed by atoms with Crippen LogP contribution in [0.4, 0.5) is 0 Å². The van der Waals surface area contributed by atoms with Crippen LogP contribution < -0.4 is 0 Å². The minimum absolute atomic E-state index is 0.0595. The van der Waals surface area contributed by atoms with E-state index in [1.807, 2.05) is 26.0 Å². The first-order valence-electron chi connectivity index (χ1n) is 13.8. The molecule has 2 aliphatic rings. The molecular weight excluding hydrogens is 566 g/mol. The van der Waals surface area contributed by atoms with Gasteiger partial charge in [-0.05, 0) is 69.2 Å². The number of amides is 2. The van der Waals surface area contributed by atoms with Crippen LogP contribution in [0.15, 0.2) is 39.4 Å². The van der Waals surface area contributed by atoms with Crippen LogP contribution in [0.5, 0.6) is 5.75 Å². The van der Waals surface area contributed by atoms with E-state index in [4.69, 9.17) is 5.11 Å². The molecule has 1 aliphatic carbocycles. The van der Waals surface area contributed by atoms with E-state index in [-0.39, 0.29) is 37.1 Å². The van der Waals surface area contributed by atoms with Crippen molar-refractivity contribution in [2.75, 3.05) is 13.2 Å². The number of allylic oxidation sites excluding steroid dienone is 2. The van der Waals surface area contributed by atoms with Gasteiger partial charge in [0.15, 0.2) is 0 Å². The number of unbranched alkanes of at least 4 members (excludes halogenated alkanes) is 2. The number of aliphatic hydroxyl groups excluding tert-OH is 2. The topological polar surface area (TPSA) is 135 Å². The van der Waals surface area contributed by atoms with Crippen LogP contribution in [-0.4, -0.2) is 62.4 Å². The van der Waals surface area contributed by atoms with Crippen molar-refractivity contribution in [3.63, 3.8) is 0 Å². The number of carboxylic acid groups (broad SMARTS) is 1. The summed E-state index contributed by atoms with van der Waals surface area (Å²) in [5, 5.41) is 40.8. The zero-order valence-corrected chi connectivity index (χ0v) is 24.3. The molecule has 0 radical (unpaired) electrons. The molecule has 1 aliphatic heterocycles. The Kier molecular flexibility index (Phi) is 11.3. The second-order valence-electron chi connectivity index (χ2n) is 10.7. The molecule has 1 aromatic rings. The Morgan fingerprint density at radius 2 is 1.92 bits per heavy atom. The SMILES string of the molecule is CCCC1=C([C@H](O)CC/C(C)=C/c2cc(Br)ccc2O)[C@H](CO)[C@@H]2C(=O)N(CCCCCC(=O)O)C(=O)[C@@H]2C1. The zero-order chi connectivity index (χ0) is 28.7. The predicted molar refractivity (Wildman–Crippen MR) is 152 cm³/mol. The van der Waals surface area contributed by atoms with Crippen molar-refractivity contribution in [3.05, 3.63) is 45.0 Å². The Bertz CT molecular complexity index is 1130.